The predicted molar refractivity (Wildman–Crippen MR) is 162 cm³/mol. The van der Waals surface area contributed by atoms with Crippen molar-refractivity contribution < 1.29 is 14.7 Å². The van der Waals surface area contributed by atoms with E-state index in [-0.39, 0.29) is 45.4 Å². The molecule has 0 heterocycles. The van der Waals surface area contributed by atoms with Crippen molar-refractivity contribution in [1.82, 2.24) is 0 Å². The Bertz CT molecular complexity index is 2160. The summed E-state index contributed by atoms with van der Waals surface area (Å²) in [4.78, 5) is 28.9. The Morgan fingerprint density at radius 2 is 1.13 bits per heavy atom. The summed E-state index contributed by atoms with van der Waals surface area (Å²) in [5.41, 5.74) is -1.32. The summed E-state index contributed by atoms with van der Waals surface area (Å²) in [5.74, 6) is -2.10. The number of hydrogen-bond donors (Lipinski definition) is 1. The maximum atomic E-state index is 14.6. The first kappa shape index (κ1) is 29.4. The summed E-state index contributed by atoms with van der Waals surface area (Å²) in [7, 11) is 0. The molecular formula is C37H19N5O3. The van der Waals surface area contributed by atoms with Gasteiger partial charge in [0.25, 0.3) is 0 Å². The third-order valence-electron chi connectivity index (χ3n) is 7.61. The Morgan fingerprint density at radius 3 is 1.56 bits per heavy atom. The third kappa shape index (κ3) is 5.11. The van der Waals surface area contributed by atoms with E-state index in [2.05, 4.69) is 6.07 Å². The van der Waals surface area contributed by atoms with Gasteiger partial charge in [-0.1, -0.05) is 36.4 Å². The number of carbonyl (C=O) groups excluding carboxylic acids is 2. The van der Waals surface area contributed by atoms with Gasteiger partial charge in [-0.05, 0) is 72.6 Å². The van der Waals surface area contributed by atoms with Crippen molar-refractivity contribution in [1.29, 1.82) is 26.3 Å². The number of aromatic hydroxyl groups is 1. The number of rotatable bonds is 6. The van der Waals surface area contributed by atoms with Gasteiger partial charge in [0.1, 0.15) is 22.8 Å². The number of hydrogen-bond acceptors (Lipinski definition) is 8. The van der Waals surface area contributed by atoms with Crippen LogP contribution in [0.1, 0.15) is 66.1 Å². The van der Waals surface area contributed by atoms with E-state index in [1.807, 2.05) is 24.3 Å². The van der Waals surface area contributed by atoms with Gasteiger partial charge in [0.15, 0.2) is 11.6 Å². The Balaban J connectivity index is 1.99. The minimum absolute atomic E-state index is 0.0415. The van der Waals surface area contributed by atoms with Crippen molar-refractivity contribution >= 4 is 11.6 Å². The lowest BCUT2D eigenvalue weighted by Crippen LogP contribution is -2.26. The van der Waals surface area contributed by atoms with Crippen molar-refractivity contribution in [2.75, 3.05) is 0 Å². The third-order valence-corrected chi connectivity index (χ3v) is 7.61. The molecule has 45 heavy (non-hydrogen) atoms. The van der Waals surface area contributed by atoms with Crippen molar-refractivity contribution in [2.24, 2.45) is 0 Å². The van der Waals surface area contributed by atoms with Crippen LogP contribution in [0.15, 0.2) is 97.1 Å². The van der Waals surface area contributed by atoms with E-state index < -0.39 is 28.3 Å². The summed E-state index contributed by atoms with van der Waals surface area (Å²) < 4.78 is 0. The van der Waals surface area contributed by atoms with Crippen LogP contribution < -0.4 is 0 Å². The Labute approximate surface area is 258 Å². The van der Waals surface area contributed by atoms with Gasteiger partial charge >= 0.3 is 0 Å². The highest BCUT2D eigenvalue weighted by molar-refractivity contribution is 6.24. The highest BCUT2D eigenvalue weighted by Crippen LogP contribution is 2.49. The number of phenolic OH excluding ortho intramolecular Hbond substituents is 1. The molecule has 0 saturated carbocycles. The van der Waals surface area contributed by atoms with Gasteiger partial charge in [-0.3, -0.25) is 9.59 Å². The van der Waals surface area contributed by atoms with Gasteiger partial charge in [-0.15, -0.1) is 0 Å². The van der Waals surface area contributed by atoms with E-state index in [9.17, 15) is 41.0 Å². The molecule has 8 nitrogen and oxygen atoms in total. The molecule has 1 N–H and O–H groups in total. The topological polar surface area (TPSA) is 173 Å². The van der Waals surface area contributed by atoms with Crippen LogP contribution in [-0.2, 0) is 5.41 Å². The number of benzene rings is 4. The van der Waals surface area contributed by atoms with Crippen molar-refractivity contribution in [3.63, 3.8) is 0 Å². The van der Waals surface area contributed by atoms with Gasteiger partial charge in [-0.25, -0.2) is 0 Å². The van der Waals surface area contributed by atoms with Crippen molar-refractivity contribution in [3.8, 4) is 47.2 Å². The van der Waals surface area contributed by atoms with E-state index >= 15 is 0 Å². The number of ketones is 2. The maximum Gasteiger partial charge on any atom is 0.195 e. The monoisotopic (exact) mass is 581 g/mol. The predicted octanol–water partition coefficient (Wildman–Crippen LogP) is 6.29. The molecular weight excluding hydrogens is 562 g/mol. The van der Waals surface area contributed by atoms with Crippen LogP contribution in [0, 0.1) is 56.7 Å². The second-order valence-electron chi connectivity index (χ2n) is 10.1. The van der Waals surface area contributed by atoms with Crippen LogP contribution in [0.2, 0.25) is 0 Å². The highest BCUT2D eigenvalue weighted by atomic mass is 16.3. The summed E-state index contributed by atoms with van der Waals surface area (Å²) in [6, 6.07) is 27.6. The number of nitrogens with zero attached hydrogens (tertiary/aromatic N) is 5. The maximum absolute atomic E-state index is 14.6. The lowest BCUT2D eigenvalue weighted by molar-refractivity contribution is 0.100. The summed E-state index contributed by atoms with van der Waals surface area (Å²) in [6.07, 6.45) is 6.72. The van der Waals surface area contributed by atoms with Gasteiger partial charge in [0, 0.05) is 27.8 Å². The minimum atomic E-state index is -1.54. The van der Waals surface area contributed by atoms with E-state index in [0.29, 0.717) is 16.7 Å². The highest BCUT2D eigenvalue weighted by Gasteiger charge is 2.41. The lowest BCUT2D eigenvalue weighted by atomic mass is 9.69. The van der Waals surface area contributed by atoms with E-state index in [4.69, 9.17) is 0 Å². The Hall–Kier alpha value is -7.05. The molecule has 1 unspecified atom stereocenters. The first-order valence-electron chi connectivity index (χ1n) is 13.5. The minimum Gasteiger partial charge on any atom is -0.506 e. The molecule has 0 radical (unpaired) electrons. The van der Waals surface area contributed by atoms with E-state index in [1.54, 1.807) is 36.4 Å². The average Bonchev–Trinajstić information content (AvgIpc) is 3.10. The SMILES string of the molecule is N#Cc1ccc(C(=O)c2c(C#N)c(O)c(C3(C#N)C=CC=CC3)c(-c3ccc(C#N)cc3)c2C(=O)c2ccc(C#N)cc2)cc1. The summed E-state index contributed by atoms with van der Waals surface area (Å²) >= 11 is 0. The van der Waals surface area contributed by atoms with Crippen molar-refractivity contribution in [3.05, 3.63) is 147 Å². The molecule has 1 atom stereocenters. The largest absolute Gasteiger partial charge is 0.506 e. The molecule has 1 aliphatic carbocycles. The van der Waals surface area contributed by atoms with E-state index in [1.165, 1.54) is 60.7 Å². The molecule has 0 spiro atoms. The number of nitriles is 5. The zero-order valence-corrected chi connectivity index (χ0v) is 23.4. The molecule has 210 valence electrons. The van der Waals surface area contributed by atoms with Gasteiger partial charge in [-0.2, -0.15) is 26.3 Å². The first-order valence-corrected chi connectivity index (χ1v) is 13.5. The Kier molecular flexibility index (Phi) is 7.88. The second kappa shape index (κ2) is 12.1. The smallest absolute Gasteiger partial charge is 0.195 e. The summed E-state index contributed by atoms with van der Waals surface area (Å²) in [5, 5.41) is 60.8. The first-order chi connectivity index (χ1) is 21.8. The van der Waals surface area contributed by atoms with Crippen molar-refractivity contribution in [2.45, 2.75) is 11.8 Å². The van der Waals surface area contributed by atoms with Gasteiger partial charge < -0.3 is 5.11 Å². The van der Waals surface area contributed by atoms with Crippen LogP contribution in [0.25, 0.3) is 11.1 Å². The average molecular weight is 582 g/mol. The zero-order valence-electron chi connectivity index (χ0n) is 23.4. The number of carbonyl (C=O) groups is 2. The molecule has 4 aromatic carbocycles. The molecule has 4 aromatic rings. The molecule has 0 amide bonds. The molecule has 8 heteroatoms. The molecule has 0 aromatic heterocycles. The molecule has 0 bridgehead atoms. The molecule has 0 fully saturated rings. The summed E-state index contributed by atoms with van der Waals surface area (Å²) in [6.45, 7) is 0. The lowest BCUT2D eigenvalue weighted by Gasteiger charge is -2.30. The van der Waals surface area contributed by atoms with Crippen LogP contribution in [0.3, 0.4) is 0 Å². The number of allylic oxidation sites excluding steroid dienone is 4. The fourth-order valence-electron chi connectivity index (χ4n) is 5.36. The molecule has 5 rings (SSSR count). The van der Waals surface area contributed by atoms with Crippen LogP contribution in [-0.4, -0.2) is 16.7 Å². The van der Waals surface area contributed by atoms with Crippen LogP contribution >= 0.6 is 0 Å². The molecule has 1 aliphatic rings. The van der Waals surface area contributed by atoms with Crippen LogP contribution in [0.4, 0.5) is 0 Å². The molecule has 0 aliphatic heterocycles. The fraction of sp³-hybridized carbons (Fsp3) is 0.0541. The standard InChI is InChI=1S/C37H19N5O3/c38-18-23-4-10-26(11-5-23)30-32(35(44)28-14-8-25(20-40)9-15-28)31(34(43)27-12-6-24(19-39)7-13-27)29(21-41)36(45)33(30)37(22-42)16-2-1-3-17-37/h1-16,45H,17H2. The zero-order chi connectivity index (χ0) is 32.1. The Morgan fingerprint density at radius 1 is 0.644 bits per heavy atom. The fourth-order valence-corrected chi connectivity index (χ4v) is 5.36. The van der Waals surface area contributed by atoms with E-state index in [0.717, 1.165) is 0 Å². The normalized spacial score (nSPS) is 14.6. The van der Waals surface area contributed by atoms with Crippen LogP contribution in [0.5, 0.6) is 5.75 Å². The second-order valence-corrected chi connectivity index (χ2v) is 10.1. The van der Waals surface area contributed by atoms with Gasteiger partial charge in [0.05, 0.1) is 46.5 Å². The quantitative estimate of drug-likeness (QED) is 0.259. The van der Waals surface area contributed by atoms with Gasteiger partial charge in [0.2, 0.25) is 0 Å². The number of phenols is 1. The molecule has 0 saturated heterocycles.